The molecular weight excluding hydrogens is 569 g/mol. The second-order valence-electron chi connectivity index (χ2n) is 9.41. The topological polar surface area (TPSA) is 192 Å². The van der Waals surface area contributed by atoms with E-state index in [4.69, 9.17) is 13.7 Å². The predicted molar refractivity (Wildman–Crippen MR) is 136 cm³/mol. The summed E-state index contributed by atoms with van der Waals surface area (Å²) < 4.78 is 44.6. The number of carbonyl (C=O) groups is 1. The van der Waals surface area contributed by atoms with Crippen LogP contribution in [0.5, 0.6) is 17.2 Å². The summed E-state index contributed by atoms with van der Waals surface area (Å²) >= 11 is 0. The minimum atomic E-state index is -4.58. The Morgan fingerprint density at radius 1 is 1.00 bits per heavy atom. The number of rotatable bonds is 6. The molecule has 41 heavy (non-hydrogen) atoms. The van der Waals surface area contributed by atoms with Crippen molar-refractivity contribution >= 4 is 16.0 Å². The Hall–Kier alpha value is -2.72. The van der Waals surface area contributed by atoms with E-state index in [2.05, 4.69) is 11.4 Å². The number of hydrogen-bond donors (Lipinski definition) is 6. The molecule has 5 atom stereocenters. The second-order valence-corrected chi connectivity index (χ2v) is 10.9. The smallest absolute Gasteiger partial charge is 0.508 e. The Kier molecular flexibility index (Phi) is 9.04. The van der Waals surface area contributed by atoms with Crippen LogP contribution in [0.4, 0.5) is 0 Å². The van der Waals surface area contributed by atoms with Crippen LogP contribution in [-0.4, -0.2) is 77.1 Å². The summed E-state index contributed by atoms with van der Waals surface area (Å²) in [6.07, 6.45) is -6.05. The maximum absolute atomic E-state index is 13.6. The number of aromatic hydroxyl groups is 2. The Morgan fingerprint density at radius 3 is 2.07 bits per heavy atom. The number of phenols is 2. The summed E-state index contributed by atoms with van der Waals surface area (Å²) in [6.45, 7) is 0.469. The summed E-state index contributed by atoms with van der Waals surface area (Å²) in [6, 6.07) is 15.7. The molecule has 1 amide bonds. The van der Waals surface area contributed by atoms with Crippen LogP contribution >= 0.6 is 0 Å². The molecule has 6 N–H and O–H groups in total. The molecule has 12 nitrogen and oxygen atoms in total. The molecule has 3 aromatic rings. The first-order valence-electron chi connectivity index (χ1n) is 12.1. The molecule has 2 aliphatic rings. The molecule has 5 rings (SSSR count). The summed E-state index contributed by atoms with van der Waals surface area (Å²) in [7, 11) is -4.58. The van der Waals surface area contributed by atoms with Crippen LogP contribution in [0.2, 0.25) is 0 Å². The van der Waals surface area contributed by atoms with Crippen molar-refractivity contribution in [2.45, 2.75) is 48.1 Å². The van der Waals surface area contributed by atoms with Crippen LogP contribution in [0.1, 0.15) is 23.6 Å². The average molecular weight is 596 g/mol. The molecule has 14 heteroatoms. The van der Waals surface area contributed by atoms with Crippen LogP contribution in [-0.2, 0) is 29.4 Å². The van der Waals surface area contributed by atoms with Gasteiger partial charge in [-0.1, -0.05) is 29.8 Å². The molecule has 0 aromatic heterocycles. The molecule has 212 valence electrons. The molecule has 2 aliphatic heterocycles. The molecule has 0 unspecified atom stereocenters. The Morgan fingerprint density at radius 2 is 1.56 bits per heavy atom. The molecule has 2 heterocycles. The summed E-state index contributed by atoms with van der Waals surface area (Å²) in [5.74, 6) is -1.08. The molecule has 1 saturated heterocycles. The van der Waals surface area contributed by atoms with E-state index in [9.17, 15) is 38.7 Å². The third-order valence-corrected chi connectivity index (χ3v) is 8.19. The zero-order valence-electron chi connectivity index (χ0n) is 22.0. The van der Waals surface area contributed by atoms with Gasteiger partial charge in [0.25, 0.3) is 10.1 Å². The predicted octanol–water partition coefficient (Wildman–Crippen LogP) is -2.76. The monoisotopic (exact) mass is 595 g/mol. The van der Waals surface area contributed by atoms with Gasteiger partial charge in [-0.05, 0) is 35.4 Å². The third kappa shape index (κ3) is 5.57. The number of hydrogen-bond acceptors (Lipinski definition) is 11. The van der Waals surface area contributed by atoms with Crippen molar-refractivity contribution in [2.75, 3.05) is 6.61 Å². The number of benzene rings is 3. The number of aliphatic hydroxyl groups excluding tert-OH is 3. The molecule has 1 fully saturated rings. The normalized spacial score (nSPS) is 25.9. The van der Waals surface area contributed by atoms with Crippen molar-refractivity contribution in [1.29, 1.82) is 0 Å². The van der Waals surface area contributed by atoms with E-state index in [0.717, 1.165) is 0 Å². The van der Waals surface area contributed by atoms with Crippen LogP contribution in [0, 0.1) is 6.07 Å². The summed E-state index contributed by atoms with van der Waals surface area (Å²) in [4.78, 5) is 11.4. The minimum absolute atomic E-state index is 0. The van der Waals surface area contributed by atoms with Gasteiger partial charge in [0.15, 0.2) is 0 Å². The molecular formula is C27H26NNaO11S. The van der Waals surface area contributed by atoms with Gasteiger partial charge in [-0.2, -0.15) is 12.1 Å². The first kappa shape index (κ1) is 31.2. The quantitative estimate of drug-likeness (QED) is 0.0983. The van der Waals surface area contributed by atoms with E-state index in [0.29, 0.717) is 11.1 Å². The molecule has 0 aliphatic carbocycles. The van der Waals surface area contributed by atoms with Crippen molar-refractivity contribution in [3.05, 3.63) is 83.4 Å². The fraction of sp³-hybridized carbons (Fsp3) is 0.296. The van der Waals surface area contributed by atoms with E-state index >= 15 is 0 Å². The first-order valence-corrected chi connectivity index (χ1v) is 13.5. The number of nitrogens with one attached hydrogen (secondary N) is 1. The van der Waals surface area contributed by atoms with E-state index in [1.54, 1.807) is 0 Å². The zero-order chi connectivity index (χ0) is 28.8. The second kappa shape index (κ2) is 11.9. The van der Waals surface area contributed by atoms with Crippen molar-refractivity contribution < 1.29 is 82.0 Å². The van der Waals surface area contributed by atoms with Gasteiger partial charge in [0, 0.05) is 17.6 Å². The Bertz CT molecular complexity index is 1470. The van der Waals surface area contributed by atoms with Gasteiger partial charge >= 0.3 is 29.6 Å². The third-order valence-electron chi connectivity index (χ3n) is 6.81. The van der Waals surface area contributed by atoms with Crippen molar-refractivity contribution in [1.82, 2.24) is 5.32 Å². The van der Waals surface area contributed by atoms with Crippen LogP contribution in [0.15, 0.2) is 65.6 Å². The first-order chi connectivity index (χ1) is 19.0. The number of amides is 1. The van der Waals surface area contributed by atoms with Gasteiger partial charge in [-0.15, -0.1) is 6.07 Å². The largest absolute Gasteiger partial charge is 1.00 e. The van der Waals surface area contributed by atoms with Gasteiger partial charge in [0.1, 0.15) is 41.5 Å². The fourth-order valence-corrected chi connectivity index (χ4v) is 6.49. The van der Waals surface area contributed by atoms with Gasteiger partial charge in [-0.25, -0.2) is 8.42 Å². The summed E-state index contributed by atoms with van der Waals surface area (Å²) in [5.41, 5.74) is -0.987. The molecule has 0 spiro atoms. The number of ether oxygens (including phenoxy) is 2. The van der Waals surface area contributed by atoms with E-state index in [-0.39, 0.29) is 52.4 Å². The van der Waals surface area contributed by atoms with Crippen molar-refractivity contribution in [3.8, 4) is 17.2 Å². The van der Waals surface area contributed by atoms with Crippen molar-refractivity contribution in [2.24, 2.45) is 0 Å². The van der Waals surface area contributed by atoms with E-state index in [1.165, 1.54) is 67.6 Å². The van der Waals surface area contributed by atoms with E-state index in [1.807, 2.05) is 0 Å². The van der Waals surface area contributed by atoms with Crippen LogP contribution < -0.4 is 39.6 Å². The maximum atomic E-state index is 13.6. The number of carbonyl (C=O) groups excluding carboxylic acids is 1. The molecule has 3 aromatic carbocycles. The zero-order valence-corrected chi connectivity index (χ0v) is 24.8. The SMILES string of the molecule is CC(=O)N[C@H]1[C@H](Oc2[c-]ccc3c2S(=O)(=O)OC3(c2ccc(O)cc2)c2ccc(O)cc2)O[C@H](CO)[C@@H](O)[C@@H]1O.[Na+]. The Labute approximate surface area is 257 Å². The summed E-state index contributed by atoms with van der Waals surface area (Å²) in [5, 5.41) is 52.7. The standard InChI is InChI=1S/C27H26NO11S.Na/c1-14(30)28-22-24(34)23(33)21(13-29)38-26(22)37-20-4-2-3-19-25(20)40(35,36)39-27(19,15-5-9-17(31)10-6-15)16-7-11-18(32)12-8-16;/h2-3,5-12,21-24,26,29,31-34H,13H2,1H3,(H,28,30);/q-1;+1/t21-,22-,23-,24-,26-;/m1./s1. The van der Waals surface area contributed by atoms with Gasteiger partial charge in [0.2, 0.25) is 12.2 Å². The van der Waals surface area contributed by atoms with Gasteiger partial charge in [0.05, 0.1) is 6.61 Å². The molecule has 0 saturated carbocycles. The maximum Gasteiger partial charge on any atom is 1.00 e. The van der Waals surface area contributed by atoms with Crippen molar-refractivity contribution in [3.63, 3.8) is 0 Å². The number of aliphatic hydroxyl groups is 3. The van der Waals surface area contributed by atoms with Gasteiger partial charge in [-0.3, -0.25) is 8.98 Å². The Balaban J connectivity index is 0.00000387. The fourth-order valence-electron chi connectivity index (χ4n) is 4.98. The van der Waals surface area contributed by atoms with Gasteiger partial charge < -0.3 is 40.3 Å². The molecule has 0 radical (unpaired) electrons. The van der Waals surface area contributed by atoms with Crippen LogP contribution in [0.25, 0.3) is 0 Å². The van der Waals surface area contributed by atoms with E-state index < -0.39 is 63.8 Å². The number of fused-ring (bicyclic) bond motifs is 1. The number of phenolic OH excluding ortho intramolecular Hbond substituents is 2. The minimum Gasteiger partial charge on any atom is -0.508 e. The van der Waals surface area contributed by atoms with Crippen LogP contribution in [0.3, 0.4) is 0 Å². The average Bonchev–Trinajstić information content (AvgIpc) is 3.17. The molecule has 0 bridgehead atoms.